The highest BCUT2D eigenvalue weighted by molar-refractivity contribution is 7.81. The van der Waals surface area contributed by atoms with E-state index in [9.17, 15) is 0 Å². The summed E-state index contributed by atoms with van der Waals surface area (Å²) in [5.41, 5.74) is 3.79. The quantitative estimate of drug-likeness (QED) is 0.454. The van der Waals surface area contributed by atoms with E-state index in [0.717, 1.165) is 17.8 Å². The Balaban J connectivity index is 1.98. The molecule has 4 rings (SSSR count). The lowest BCUT2D eigenvalue weighted by atomic mass is 9.69. The van der Waals surface area contributed by atoms with Crippen LogP contribution in [0.1, 0.15) is 64.7 Å². The maximum absolute atomic E-state index is 4.94. The summed E-state index contributed by atoms with van der Waals surface area (Å²) in [6.45, 7) is 2.48. The molecule has 4 aliphatic carbocycles. The highest BCUT2D eigenvalue weighted by Crippen LogP contribution is 2.51. The second kappa shape index (κ2) is 4.99. The second-order valence-electron chi connectivity index (χ2n) is 6.55. The van der Waals surface area contributed by atoms with Gasteiger partial charge in [0, 0.05) is 5.25 Å². The van der Waals surface area contributed by atoms with Crippen LogP contribution in [-0.4, -0.2) is 5.25 Å². The molecule has 1 heteroatoms. The van der Waals surface area contributed by atoms with Crippen molar-refractivity contribution in [2.24, 2.45) is 17.8 Å². The highest BCUT2D eigenvalue weighted by Gasteiger charge is 2.40. The molecule has 0 saturated heterocycles. The minimum atomic E-state index is 0.655. The zero-order chi connectivity index (χ0) is 11.8. The van der Waals surface area contributed by atoms with Crippen LogP contribution in [0.15, 0.2) is 11.1 Å². The average molecular weight is 250 g/mol. The van der Waals surface area contributed by atoms with Crippen molar-refractivity contribution in [3.8, 4) is 0 Å². The standard InChI is InChI=1S/C16H26S/c1-11-10-12-8-9-15(17)16(11)14-7-5-3-2-4-6-13(12)14/h11-12,15-17H,2-10H2,1H3. The first-order valence-corrected chi connectivity index (χ1v) is 8.19. The fourth-order valence-electron chi connectivity index (χ4n) is 4.69. The molecule has 0 heterocycles. The van der Waals surface area contributed by atoms with Gasteiger partial charge in [-0.1, -0.05) is 30.9 Å². The minimum Gasteiger partial charge on any atom is -0.175 e. The van der Waals surface area contributed by atoms with E-state index >= 15 is 0 Å². The fraction of sp³-hybridized carbons (Fsp3) is 0.875. The monoisotopic (exact) mass is 250 g/mol. The lowest BCUT2D eigenvalue weighted by Crippen LogP contribution is -2.29. The Kier molecular flexibility index (Phi) is 3.57. The predicted octanol–water partition coefficient (Wildman–Crippen LogP) is 5.00. The van der Waals surface area contributed by atoms with Crippen molar-refractivity contribution >= 4 is 12.6 Å². The summed E-state index contributed by atoms with van der Waals surface area (Å²) >= 11 is 4.94. The highest BCUT2D eigenvalue weighted by atomic mass is 32.1. The fourth-order valence-corrected chi connectivity index (χ4v) is 5.31. The molecule has 0 nitrogen and oxygen atoms in total. The molecule has 4 aliphatic rings. The molecule has 1 saturated carbocycles. The largest absolute Gasteiger partial charge is 0.175 e. The number of fused-ring (bicyclic) bond motifs is 3. The topological polar surface area (TPSA) is 0 Å². The van der Waals surface area contributed by atoms with Crippen molar-refractivity contribution in [3.63, 3.8) is 0 Å². The van der Waals surface area contributed by atoms with Gasteiger partial charge in [0.2, 0.25) is 0 Å². The van der Waals surface area contributed by atoms with Crippen molar-refractivity contribution in [1.29, 1.82) is 0 Å². The molecule has 0 N–H and O–H groups in total. The summed E-state index contributed by atoms with van der Waals surface area (Å²) in [6.07, 6.45) is 12.9. The van der Waals surface area contributed by atoms with Gasteiger partial charge in [0.05, 0.1) is 0 Å². The van der Waals surface area contributed by atoms with Gasteiger partial charge in [-0.05, 0) is 62.7 Å². The zero-order valence-corrected chi connectivity index (χ0v) is 12.0. The lowest BCUT2D eigenvalue weighted by molar-refractivity contribution is 0.314. The van der Waals surface area contributed by atoms with Crippen LogP contribution in [0.4, 0.5) is 0 Å². The molecule has 0 spiro atoms. The van der Waals surface area contributed by atoms with Gasteiger partial charge in [0.15, 0.2) is 0 Å². The van der Waals surface area contributed by atoms with Gasteiger partial charge < -0.3 is 0 Å². The molecule has 0 aromatic rings. The summed E-state index contributed by atoms with van der Waals surface area (Å²) in [5.74, 6) is 2.65. The van der Waals surface area contributed by atoms with E-state index in [2.05, 4.69) is 6.92 Å². The molecule has 1 fully saturated rings. The molecule has 0 aromatic heterocycles. The molecule has 0 aliphatic heterocycles. The minimum absolute atomic E-state index is 0.655. The zero-order valence-electron chi connectivity index (χ0n) is 11.1. The molecular weight excluding hydrogens is 224 g/mol. The van der Waals surface area contributed by atoms with Gasteiger partial charge >= 0.3 is 0 Å². The maximum Gasteiger partial charge on any atom is 0.00851 e. The molecule has 0 radical (unpaired) electrons. The first-order chi connectivity index (χ1) is 8.27. The van der Waals surface area contributed by atoms with E-state index in [-0.39, 0.29) is 0 Å². The summed E-state index contributed by atoms with van der Waals surface area (Å²) < 4.78 is 0. The third-order valence-electron chi connectivity index (χ3n) is 5.44. The Morgan fingerprint density at radius 3 is 2.41 bits per heavy atom. The van der Waals surface area contributed by atoms with Gasteiger partial charge in [-0.25, -0.2) is 0 Å². The maximum atomic E-state index is 4.94. The third-order valence-corrected chi connectivity index (χ3v) is 6.02. The van der Waals surface area contributed by atoms with Crippen LogP contribution in [0.5, 0.6) is 0 Å². The van der Waals surface area contributed by atoms with E-state index in [0.29, 0.717) is 5.25 Å². The van der Waals surface area contributed by atoms with Crippen LogP contribution < -0.4 is 0 Å². The Morgan fingerprint density at radius 2 is 1.65 bits per heavy atom. The van der Waals surface area contributed by atoms with Crippen molar-refractivity contribution in [2.75, 3.05) is 0 Å². The molecule has 2 bridgehead atoms. The number of thiol groups is 1. The van der Waals surface area contributed by atoms with Gasteiger partial charge in [-0.15, -0.1) is 0 Å². The van der Waals surface area contributed by atoms with Crippen LogP contribution in [0.3, 0.4) is 0 Å². The van der Waals surface area contributed by atoms with Crippen LogP contribution in [0.2, 0.25) is 0 Å². The molecule has 0 aromatic carbocycles. The molecule has 4 atom stereocenters. The SMILES string of the molecule is CC1CC2CCC(S)C1C1=C2CCCCCC1. The van der Waals surface area contributed by atoms with Gasteiger partial charge in [0.1, 0.15) is 0 Å². The Bertz CT molecular complexity index is 313. The Morgan fingerprint density at radius 1 is 0.941 bits per heavy atom. The third kappa shape index (κ3) is 2.20. The van der Waals surface area contributed by atoms with E-state index in [1.807, 2.05) is 11.1 Å². The number of rotatable bonds is 0. The number of allylic oxidation sites excluding steroid dienone is 2. The van der Waals surface area contributed by atoms with Crippen LogP contribution in [-0.2, 0) is 0 Å². The van der Waals surface area contributed by atoms with Crippen molar-refractivity contribution in [1.82, 2.24) is 0 Å². The normalized spacial score (nSPS) is 42.7. The van der Waals surface area contributed by atoms with Gasteiger partial charge in [0.25, 0.3) is 0 Å². The Hall–Kier alpha value is 0.0900. The molecule has 17 heavy (non-hydrogen) atoms. The molecule has 96 valence electrons. The first kappa shape index (κ1) is 12.1. The predicted molar refractivity (Wildman–Crippen MR) is 77.5 cm³/mol. The number of hydrogen-bond donors (Lipinski definition) is 1. The van der Waals surface area contributed by atoms with Crippen LogP contribution >= 0.6 is 12.6 Å². The van der Waals surface area contributed by atoms with Crippen molar-refractivity contribution in [2.45, 2.75) is 70.0 Å². The molecule has 0 amide bonds. The lowest BCUT2D eigenvalue weighted by Gasteiger charge is -2.38. The van der Waals surface area contributed by atoms with E-state index in [4.69, 9.17) is 12.6 Å². The summed E-state index contributed by atoms with van der Waals surface area (Å²) in [5, 5.41) is 0.655. The van der Waals surface area contributed by atoms with Crippen LogP contribution in [0, 0.1) is 17.8 Å². The first-order valence-electron chi connectivity index (χ1n) is 7.67. The number of hydrogen-bond acceptors (Lipinski definition) is 1. The second-order valence-corrected chi connectivity index (χ2v) is 7.21. The summed E-state index contributed by atoms with van der Waals surface area (Å²) in [6, 6.07) is 0. The van der Waals surface area contributed by atoms with Crippen molar-refractivity contribution in [3.05, 3.63) is 11.1 Å². The van der Waals surface area contributed by atoms with Crippen LogP contribution in [0.25, 0.3) is 0 Å². The Labute approximate surface area is 112 Å². The summed E-state index contributed by atoms with van der Waals surface area (Å²) in [7, 11) is 0. The average Bonchev–Trinajstić information content (AvgIpc) is 2.46. The van der Waals surface area contributed by atoms with E-state index in [1.165, 1.54) is 57.8 Å². The van der Waals surface area contributed by atoms with E-state index in [1.54, 1.807) is 0 Å². The van der Waals surface area contributed by atoms with Crippen molar-refractivity contribution < 1.29 is 0 Å². The smallest absolute Gasteiger partial charge is 0.00851 e. The molecular formula is C16H26S. The van der Waals surface area contributed by atoms with Gasteiger partial charge in [-0.2, -0.15) is 12.6 Å². The van der Waals surface area contributed by atoms with Gasteiger partial charge in [-0.3, -0.25) is 0 Å². The summed E-state index contributed by atoms with van der Waals surface area (Å²) in [4.78, 5) is 0. The van der Waals surface area contributed by atoms with E-state index < -0.39 is 0 Å². The molecule has 4 unspecified atom stereocenters.